The van der Waals surface area contributed by atoms with Gasteiger partial charge in [-0.2, -0.15) is 0 Å². The lowest BCUT2D eigenvalue weighted by molar-refractivity contribution is -0.120. The molecule has 26 heavy (non-hydrogen) atoms. The average molecular weight is 357 g/mol. The van der Waals surface area contributed by atoms with Crippen LogP contribution in [-0.4, -0.2) is 33.1 Å². The first kappa shape index (κ1) is 17.9. The highest BCUT2D eigenvalue weighted by Gasteiger charge is 2.28. The van der Waals surface area contributed by atoms with E-state index < -0.39 is 0 Å². The molecule has 0 saturated carbocycles. The molecule has 0 bridgehead atoms. The predicted octanol–water partition coefficient (Wildman–Crippen LogP) is 0.817. The summed E-state index contributed by atoms with van der Waals surface area (Å²) in [7, 11) is 1.47. The number of carbonyl (C=O) groups excluding carboxylic acids is 1. The van der Waals surface area contributed by atoms with E-state index in [0.29, 0.717) is 31.1 Å². The normalized spacial score (nSPS) is 17.2. The molecule has 0 aliphatic carbocycles. The third-order valence-electron chi connectivity index (χ3n) is 4.74. The minimum atomic E-state index is -0.336. The molecule has 3 heterocycles. The molecule has 2 aromatic heterocycles. The van der Waals surface area contributed by atoms with Gasteiger partial charge in [-0.1, -0.05) is 0 Å². The summed E-state index contributed by atoms with van der Waals surface area (Å²) < 4.78 is 2.67. The molecule has 1 N–H and O–H groups in total. The summed E-state index contributed by atoms with van der Waals surface area (Å²) in [6, 6.07) is 5.04. The van der Waals surface area contributed by atoms with Crippen LogP contribution in [0, 0.1) is 5.92 Å². The van der Waals surface area contributed by atoms with Crippen molar-refractivity contribution in [2.24, 2.45) is 13.0 Å². The maximum atomic E-state index is 12.6. The van der Waals surface area contributed by atoms with Gasteiger partial charge in [-0.25, -0.2) is 4.79 Å². The number of nitrogens with zero attached hydrogens (tertiary/aromatic N) is 4. The lowest BCUT2D eigenvalue weighted by atomic mass is 9.97. The smallest absolute Gasteiger partial charge is 0.332 e. The third-order valence-corrected chi connectivity index (χ3v) is 4.74. The molecule has 138 valence electrons. The summed E-state index contributed by atoms with van der Waals surface area (Å²) in [6.07, 6.45) is 4.84. The monoisotopic (exact) mass is 357 g/mol. The van der Waals surface area contributed by atoms with Gasteiger partial charge in [0, 0.05) is 38.9 Å². The molecule has 0 radical (unpaired) electrons. The standard InChI is InChI=1S/C18H23N5O3/c1-3-23-15(10-16(24)21(2)18(23)26)22-9-5-6-13(12-22)17(25)20-14-7-4-8-19-11-14/h4,7-8,10-11,13H,3,5-6,9,12H2,1-2H3,(H,20,25). The highest BCUT2D eigenvalue weighted by molar-refractivity contribution is 5.92. The predicted molar refractivity (Wildman–Crippen MR) is 99.4 cm³/mol. The molecule has 1 fully saturated rings. The third kappa shape index (κ3) is 3.54. The zero-order valence-electron chi connectivity index (χ0n) is 15.0. The van der Waals surface area contributed by atoms with E-state index in [1.165, 1.54) is 13.1 Å². The summed E-state index contributed by atoms with van der Waals surface area (Å²) in [6.45, 7) is 3.51. The molecule has 2 aromatic rings. The molecular formula is C18H23N5O3. The van der Waals surface area contributed by atoms with Crippen molar-refractivity contribution in [3.05, 3.63) is 51.4 Å². The Balaban J connectivity index is 1.82. The van der Waals surface area contributed by atoms with Crippen molar-refractivity contribution >= 4 is 17.4 Å². The summed E-state index contributed by atoms with van der Waals surface area (Å²) in [5.74, 6) is 0.296. The average Bonchev–Trinajstić information content (AvgIpc) is 2.67. The van der Waals surface area contributed by atoms with Crippen LogP contribution < -0.4 is 21.5 Å². The fourth-order valence-corrected chi connectivity index (χ4v) is 3.30. The van der Waals surface area contributed by atoms with Gasteiger partial charge in [-0.15, -0.1) is 0 Å². The zero-order chi connectivity index (χ0) is 18.7. The fraction of sp³-hybridized carbons (Fsp3) is 0.444. The van der Waals surface area contributed by atoms with E-state index in [0.717, 1.165) is 17.4 Å². The summed E-state index contributed by atoms with van der Waals surface area (Å²) >= 11 is 0. The van der Waals surface area contributed by atoms with Crippen LogP contribution >= 0.6 is 0 Å². The van der Waals surface area contributed by atoms with E-state index in [1.807, 2.05) is 11.8 Å². The molecule has 1 amide bonds. The second-order valence-corrected chi connectivity index (χ2v) is 6.44. The van der Waals surface area contributed by atoms with Crippen LogP contribution in [0.25, 0.3) is 0 Å². The highest BCUT2D eigenvalue weighted by Crippen LogP contribution is 2.23. The van der Waals surface area contributed by atoms with Crippen LogP contribution in [0.5, 0.6) is 0 Å². The molecule has 0 aromatic carbocycles. The number of anilines is 2. The van der Waals surface area contributed by atoms with E-state index in [-0.39, 0.29) is 23.1 Å². The Morgan fingerprint density at radius 1 is 1.38 bits per heavy atom. The Morgan fingerprint density at radius 2 is 2.19 bits per heavy atom. The number of amides is 1. The molecular weight excluding hydrogens is 334 g/mol. The molecule has 8 nitrogen and oxygen atoms in total. The van der Waals surface area contributed by atoms with Gasteiger partial charge in [0.25, 0.3) is 5.56 Å². The van der Waals surface area contributed by atoms with E-state index in [9.17, 15) is 14.4 Å². The summed E-state index contributed by atoms with van der Waals surface area (Å²) in [5.41, 5.74) is -0.0118. The van der Waals surface area contributed by atoms with Crippen molar-refractivity contribution < 1.29 is 4.79 Å². The number of nitrogens with one attached hydrogen (secondary N) is 1. The van der Waals surface area contributed by atoms with Crippen molar-refractivity contribution in [2.45, 2.75) is 26.3 Å². The Morgan fingerprint density at radius 3 is 2.88 bits per heavy atom. The molecule has 1 aliphatic rings. The van der Waals surface area contributed by atoms with Crippen molar-refractivity contribution in [1.82, 2.24) is 14.1 Å². The van der Waals surface area contributed by atoms with Crippen molar-refractivity contribution in [2.75, 3.05) is 23.3 Å². The fourth-order valence-electron chi connectivity index (χ4n) is 3.30. The lowest BCUT2D eigenvalue weighted by Gasteiger charge is -2.34. The minimum absolute atomic E-state index is 0.0723. The zero-order valence-corrected chi connectivity index (χ0v) is 15.0. The van der Waals surface area contributed by atoms with Crippen LogP contribution in [0.3, 0.4) is 0 Å². The first-order valence-electron chi connectivity index (χ1n) is 8.78. The number of pyridine rings is 1. The van der Waals surface area contributed by atoms with Crippen LogP contribution in [0.1, 0.15) is 19.8 Å². The largest absolute Gasteiger partial charge is 0.357 e. The molecule has 3 rings (SSSR count). The van der Waals surface area contributed by atoms with Crippen molar-refractivity contribution in [3.8, 4) is 0 Å². The minimum Gasteiger partial charge on any atom is -0.357 e. The first-order chi connectivity index (χ1) is 12.5. The Bertz CT molecular complexity index is 903. The second kappa shape index (κ2) is 7.55. The molecule has 1 aliphatic heterocycles. The van der Waals surface area contributed by atoms with Gasteiger partial charge in [0.05, 0.1) is 17.8 Å². The number of hydrogen-bond donors (Lipinski definition) is 1. The molecule has 8 heteroatoms. The van der Waals surface area contributed by atoms with Gasteiger partial charge >= 0.3 is 5.69 Å². The van der Waals surface area contributed by atoms with E-state index in [2.05, 4.69) is 10.3 Å². The number of piperidine rings is 1. The van der Waals surface area contributed by atoms with Gasteiger partial charge in [0.15, 0.2) is 0 Å². The van der Waals surface area contributed by atoms with Crippen LogP contribution in [0.2, 0.25) is 0 Å². The maximum Gasteiger partial charge on any atom is 0.332 e. The van der Waals surface area contributed by atoms with E-state index in [1.54, 1.807) is 29.1 Å². The van der Waals surface area contributed by atoms with Crippen molar-refractivity contribution in [1.29, 1.82) is 0 Å². The number of rotatable bonds is 4. The second-order valence-electron chi connectivity index (χ2n) is 6.44. The number of carbonyl (C=O) groups is 1. The Labute approximate surface area is 151 Å². The molecule has 1 saturated heterocycles. The quantitative estimate of drug-likeness (QED) is 0.875. The topological polar surface area (TPSA) is 89.2 Å². The van der Waals surface area contributed by atoms with Gasteiger partial charge in [-0.3, -0.25) is 23.7 Å². The molecule has 1 unspecified atom stereocenters. The van der Waals surface area contributed by atoms with Gasteiger partial charge in [-0.05, 0) is 31.9 Å². The Hall–Kier alpha value is -2.90. The van der Waals surface area contributed by atoms with E-state index >= 15 is 0 Å². The summed E-state index contributed by atoms with van der Waals surface area (Å²) in [5, 5.41) is 2.88. The van der Waals surface area contributed by atoms with Crippen LogP contribution in [0.15, 0.2) is 40.2 Å². The molecule has 0 spiro atoms. The van der Waals surface area contributed by atoms with Crippen molar-refractivity contribution in [3.63, 3.8) is 0 Å². The number of aromatic nitrogens is 3. The lowest BCUT2D eigenvalue weighted by Crippen LogP contribution is -2.46. The maximum absolute atomic E-state index is 12.6. The Kier molecular flexibility index (Phi) is 5.20. The van der Waals surface area contributed by atoms with Crippen LogP contribution in [0.4, 0.5) is 11.5 Å². The number of hydrogen-bond acceptors (Lipinski definition) is 5. The summed E-state index contributed by atoms with van der Waals surface area (Å²) in [4.78, 5) is 43.0. The highest BCUT2D eigenvalue weighted by atomic mass is 16.2. The van der Waals surface area contributed by atoms with Crippen LogP contribution in [-0.2, 0) is 18.4 Å². The van der Waals surface area contributed by atoms with Gasteiger partial charge in [0.2, 0.25) is 5.91 Å². The van der Waals surface area contributed by atoms with Gasteiger partial charge in [0.1, 0.15) is 5.82 Å². The first-order valence-corrected chi connectivity index (χ1v) is 8.78. The SMILES string of the molecule is CCn1c(N2CCCC(C(=O)Nc3cccnc3)C2)cc(=O)n(C)c1=O. The molecule has 1 atom stereocenters. The van der Waals surface area contributed by atoms with Gasteiger partial charge < -0.3 is 10.2 Å². The van der Waals surface area contributed by atoms with E-state index in [4.69, 9.17) is 0 Å².